The zero-order valence-electron chi connectivity index (χ0n) is 21.5. The van der Waals surface area contributed by atoms with Gasteiger partial charge in [0, 0.05) is 43.4 Å². The Kier molecular flexibility index (Phi) is 8.71. The highest BCUT2D eigenvalue weighted by Gasteiger charge is 2.26. The summed E-state index contributed by atoms with van der Waals surface area (Å²) in [7, 11) is 0. The molecule has 1 fully saturated rings. The summed E-state index contributed by atoms with van der Waals surface area (Å²) in [5.41, 5.74) is 5.41. The van der Waals surface area contributed by atoms with Crippen LogP contribution in [-0.2, 0) is 11.3 Å². The molecular weight excluding hydrogens is 600 g/mol. The lowest BCUT2D eigenvalue weighted by Gasteiger charge is -2.35. The molecule has 2 aromatic heterocycles. The van der Waals surface area contributed by atoms with Crippen LogP contribution in [0.1, 0.15) is 31.1 Å². The van der Waals surface area contributed by atoms with E-state index in [1.54, 1.807) is 22.0 Å². The van der Waals surface area contributed by atoms with E-state index < -0.39 is 28.9 Å². The van der Waals surface area contributed by atoms with Gasteiger partial charge in [0.05, 0.1) is 18.4 Å². The monoisotopic (exact) mass is 627 g/mol. The molecule has 1 aliphatic heterocycles. The molecule has 15 heteroatoms. The number of aromatic nitrogens is 3. The molecule has 3 heterocycles. The molecule has 3 N–H and O–H groups in total. The average Bonchev–Trinajstić information content (AvgIpc) is 3.46. The maximum Gasteiger partial charge on any atom is 0.410 e. The van der Waals surface area contributed by atoms with Gasteiger partial charge in [0.25, 0.3) is 5.91 Å². The highest BCUT2D eigenvalue weighted by Crippen LogP contribution is 2.37. The number of nitrogens with two attached hydrogens (primary N) is 1. The lowest BCUT2D eigenvalue weighted by molar-refractivity contribution is 0.0142. The molecular formula is C24H28BrF2N7O4S. The summed E-state index contributed by atoms with van der Waals surface area (Å²) < 4.78 is 45.1. The zero-order valence-corrected chi connectivity index (χ0v) is 23.9. The van der Waals surface area contributed by atoms with E-state index in [1.807, 2.05) is 20.8 Å². The molecule has 0 spiro atoms. The maximum absolute atomic E-state index is 14.2. The minimum absolute atomic E-state index is 0.141. The van der Waals surface area contributed by atoms with Crippen LogP contribution >= 0.6 is 27.5 Å². The molecule has 0 atom stereocenters. The number of hydrogen-bond acceptors (Lipinski definition) is 9. The van der Waals surface area contributed by atoms with E-state index in [0.29, 0.717) is 25.3 Å². The van der Waals surface area contributed by atoms with Crippen LogP contribution in [0, 0.1) is 11.6 Å². The van der Waals surface area contributed by atoms with Gasteiger partial charge in [-0.3, -0.25) is 14.4 Å². The number of amides is 2. The minimum Gasteiger partial charge on any atom is -0.444 e. The summed E-state index contributed by atoms with van der Waals surface area (Å²) in [5.74, 6) is -3.82. The van der Waals surface area contributed by atoms with Crippen molar-refractivity contribution in [3.05, 3.63) is 46.2 Å². The van der Waals surface area contributed by atoms with E-state index in [2.05, 4.69) is 35.6 Å². The Balaban J connectivity index is 1.34. The molecule has 0 aliphatic carbocycles. The molecule has 1 aromatic carbocycles. The normalized spacial score (nSPS) is 14.4. The Hall–Kier alpha value is -3.30. The number of halogens is 3. The average molecular weight is 628 g/mol. The number of piperazine rings is 1. The second-order valence-electron chi connectivity index (χ2n) is 9.78. The van der Waals surface area contributed by atoms with Crippen LogP contribution in [0.3, 0.4) is 0 Å². The first-order valence-corrected chi connectivity index (χ1v) is 13.6. The Morgan fingerprint density at radius 1 is 1.15 bits per heavy atom. The highest BCUT2D eigenvalue weighted by molar-refractivity contribution is 9.10. The van der Waals surface area contributed by atoms with Crippen LogP contribution in [0.15, 0.2) is 29.0 Å². The maximum atomic E-state index is 14.2. The summed E-state index contributed by atoms with van der Waals surface area (Å²) in [6, 6.07) is 2.06. The van der Waals surface area contributed by atoms with Crippen molar-refractivity contribution in [1.82, 2.24) is 24.0 Å². The number of primary amides is 1. The molecule has 0 bridgehead atoms. The third-order valence-electron chi connectivity index (χ3n) is 5.63. The van der Waals surface area contributed by atoms with Crippen molar-refractivity contribution >= 4 is 50.2 Å². The number of benzene rings is 1. The van der Waals surface area contributed by atoms with Crippen molar-refractivity contribution in [2.24, 2.45) is 5.73 Å². The number of carbonyl (C=O) groups is 2. The number of nitrogens with one attached hydrogen (secondary N) is 1. The van der Waals surface area contributed by atoms with E-state index >= 15 is 0 Å². The van der Waals surface area contributed by atoms with Gasteiger partial charge in [-0.1, -0.05) is 15.9 Å². The molecule has 1 saturated heterocycles. The Labute approximate surface area is 236 Å². The van der Waals surface area contributed by atoms with Crippen molar-refractivity contribution < 1.29 is 27.8 Å². The van der Waals surface area contributed by atoms with Crippen LogP contribution in [0.5, 0.6) is 11.6 Å². The largest absolute Gasteiger partial charge is 0.444 e. The van der Waals surface area contributed by atoms with E-state index in [1.165, 1.54) is 0 Å². The predicted molar refractivity (Wildman–Crippen MR) is 145 cm³/mol. The van der Waals surface area contributed by atoms with E-state index in [9.17, 15) is 18.4 Å². The Bertz CT molecular complexity index is 1330. The number of nitrogens with zero attached hydrogens (tertiary/aromatic N) is 5. The first-order valence-electron chi connectivity index (χ1n) is 12.0. The molecule has 39 heavy (non-hydrogen) atoms. The van der Waals surface area contributed by atoms with Crippen molar-refractivity contribution in [3.63, 3.8) is 0 Å². The minimum atomic E-state index is -0.965. The van der Waals surface area contributed by atoms with Gasteiger partial charge >= 0.3 is 6.09 Å². The van der Waals surface area contributed by atoms with Gasteiger partial charge in [-0.05, 0) is 44.4 Å². The molecule has 11 nitrogen and oxygen atoms in total. The lowest BCUT2D eigenvalue weighted by Crippen LogP contribution is -2.50. The number of carbonyl (C=O) groups excluding carboxylic acids is 2. The standard InChI is InChI=1S/C24H28BrF2N7O4S/c1-24(2,3)38-23(36)33-7-4-32(5-8-33)6-9-34-13-15(12-29-34)30-22-18(20(28)35)21(31-39-22)37-19-16(26)10-14(25)11-17(19)27/h10-13,30H,4-9H2,1-3H3,(H2,28,35). The molecule has 210 valence electrons. The number of hydrogen-bond donors (Lipinski definition) is 2. The van der Waals surface area contributed by atoms with Gasteiger partial charge in [-0.15, -0.1) is 0 Å². The second kappa shape index (κ2) is 11.8. The summed E-state index contributed by atoms with van der Waals surface area (Å²) in [6.07, 6.45) is 3.01. The molecule has 2 amide bonds. The van der Waals surface area contributed by atoms with Gasteiger partial charge < -0.3 is 25.4 Å². The quantitative estimate of drug-likeness (QED) is 0.372. The molecule has 3 aromatic rings. The molecule has 0 saturated carbocycles. The Morgan fingerprint density at radius 2 is 1.82 bits per heavy atom. The summed E-state index contributed by atoms with van der Waals surface area (Å²) in [5, 5.41) is 7.60. The van der Waals surface area contributed by atoms with Gasteiger partial charge in [0.15, 0.2) is 11.6 Å². The third kappa shape index (κ3) is 7.42. The van der Waals surface area contributed by atoms with Crippen LogP contribution in [0.4, 0.5) is 24.3 Å². The van der Waals surface area contributed by atoms with Gasteiger partial charge in [-0.2, -0.15) is 9.47 Å². The van der Waals surface area contributed by atoms with Crippen LogP contribution in [0.2, 0.25) is 0 Å². The van der Waals surface area contributed by atoms with Crippen molar-refractivity contribution in [2.45, 2.75) is 32.9 Å². The second-order valence-corrected chi connectivity index (χ2v) is 11.5. The molecule has 0 unspecified atom stereocenters. The molecule has 0 radical (unpaired) electrons. The van der Waals surface area contributed by atoms with Gasteiger partial charge in [0.2, 0.25) is 11.6 Å². The van der Waals surface area contributed by atoms with Gasteiger partial charge in [0.1, 0.15) is 16.2 Å². The fourth-order valence-corrected chi connectivity index (χ4v) is 4.92. The van der Waals surface area contributed by atoms with Crippen LogP contribution in [-0.4, -0.2) is 74.3 Å². The fraction of sp³-hybridized carbons (Fsp3) is 0.417. The van der Waals surface area contributed by atoms with Crippen molar-refractivity contribution in [3.8, 4) is 11.6 Å². The first kappa shape index (κ1) is 28.7. The van der Waals surface area contributed by atoms with Crippen LogP contribution in [0.25, 0.3) is 0 Å². The zero-order chi connectivity index (χ0) is 28.3. The highest BCUT2D eigenvalue weighted by atomic mass is 79.9. The predicted octanol–water partition coefficient (Wildman–Crippen LogP) is 4.57. The Morgan fingerprint density at radius 3 is 2.44 bits per heavy atom. The van der Waals surface area contributed by atoms with Crippen molar-refractivity contribution in [1.29, 1.82) is 0 Å². The van der Waals surface area contributed by atoms with E-state index in [4.69, 9.17) is 15.2 Å². The number of ether oxygens (including phenoxy) is 2. The molecule has 1 aliphatic rings. The van der Waals surface area contributed by atoms with Gasteiger partial charge in [-0.25, -0.2) is 13.6 Å². The third-order valence-corrected chi connectivity index (χ3v) is 6.83. The van der Waals surface area contributed by atoms with E-state index in [-0.39, 0.29) is 27.0 Å². The topological polar surface area (TPSA) is 128 Å². The first-order chi connectivity index (χ1) is 18.4. The summed E-state index contributed by atoms with van der Waals surface area (Å²) in [4.78, 5) is 28.3. The van der Waals surface area contributed by atoms with Crippen LogP contribution < -0.4 is 15.8 Å². The van der Waals surface area contributed by atoms with Crippen molar-refractivity contribution in [2.75, 3.05) is 38.0 Å². The van der Waals surface area contributed by atoms with E-state index in [0.717, 1.165) is 43.3 Å². The smallest absolute Gasteiger partial charge is 0.410 e. The SMILES string of the molecule is CC(C)(C)OC(=O)N1CCN(CCn2cc(Nc3snc(Oc4c(F)cc(Br)cc4F)c3C(N)=O)cn2)CC1. The number of anilines is 2. The fourth-order valence-electron chi connectivity index (χ4n) is 3.78. The summed E-state index contributed by atoms with van der Waals surface area (Å²) in [6.45, 7) is 9.45. The summed E-state index contributed by atoms with van der Waals surface area (Å²) >= 11 is 3.86. The lowest BCUT2D eigenvalue weighted by atomic mass is 10.2. The number of rotatable bonds is 8. The molecule has 4 rings (SSSR count).